The number of anilines is 2. The largest absolute Gasteiger partial charge is 0.386 e. The van der Waals surface area contributed by atoms with E-state index in [9.17, 15) is 9.13 Å². The standard InChI is InChI=1S/C20H22F2N10O8P2S/c21-9-8-2-36-42(34,43)40-14-10(22)7(37-20(14)32-6-30-12-16(24)26-4-28-18(12)32)1-35-41(33)39-13(9)19(38-8)31-5-29-11-15(23)25-3-27-17(11)31/h3-10,13-14,19-20,41H,1-2H2,(H,34,43)(H2,23,25,27)(H2,24,26,28)/t7-,8?,9-,10-,13-,14-,19-,20-,42-/m1/s1. The van der Waals surface area contributed by atoms with Crippen LogP contribution in [0.3, 0.4) is 0 Å². The average Bonchev–Trinajstić information content (AvgIpc) is 3.73. The number of nitrogen functional groups attached to an aromatic ring is 2. The Morgan fingerprint density at radius 2 is 1.40 bits per heavy atom. The van der Waals surface area contributed by atoms with Gasteiger partial charge >= 0.3 is 15.1 Å². The van der Waals surface area contributed by atoms with Gasteiger partial charge in [-0.25, -0.2) is 43.2 Å². The number of nitrogens with zero attached hydrogens (tertiary/aromatic N) is 8. The molecule has 4 aromatic heterocycles. The maximum atomic E-state index is 15.8. The summed E-state index contributed by atoms with van der Waals surface area (Å²) >= 11 is 3.99. The molecule has 18 nitrogen and oxygen atoms in total. The van der Waals surface area contributed by atoms with Crippen LogP contribution in [0.1, 0.15) is 12.5 Å². The highest BCUT2D eigenvalue weighted by atomic mass is 32.7. The van der Waals surface area contributed by atoms with Crippen molar-refractivity contribution >= 4 is 61.3 Å². The summed E-state index contributed by atoms with van der Waals surface area (Å²) in [4.78, 5) is 24.2. The molecule has 7 heterocycles. The van der Waals surface area contributed by atoms with Gasteiger partial charge in [0.05, 0.1) is 25.9 Å². The first-order valence-corrected chi connectivity index (χ1v) is 16.5. The summed E-state index contributed by atoms with van der Waals surface area (Å²) in [6.45, 7) is -5.71. The third kappa shape index (κ3) is 5.07. The van der Waals surface area contributed by atoms with E-state index in [1.807, 2.05) is 0 Å². The molecular formula is C20H22F2N10O8P2S. The van der Waals surface area contributed by atoms with Gasteiger partial charge in [0.15, 0.2) is 47.7 Å². The SMILES string of the molecule is Nc1ncnc2c1ncn2[C@@H]1O[C@@H]2CO[PH](=O)O[C@@H]3[C@H](F)C(CO[P@@](=O)(S)O[C@@H]1[C@@H]2F)O[C@H]3n1cnc2c(N)ncnc21. The molecule has 0 spiro atoms. The van der Waals surface area contributed by atoms with Crippen molar-refractivity contribution in [1.82, 2.24) is 39.0 Å². The quantitative estimate of drug-likeness (QED) is 0.204. The Morgan fingerprint density at radius 1 is 0.860 bits per heavy atom. The van der Waals surface area contributed by atoms with Gasteiger partial charge < -0.3 is 25.5 Å². The average molecular weight is 662 g/mol. The molecular weight excluding hydrogens is 640 g/mol. The summed E-state index contributed by atoms with van der Waals surface area (Å²) in [5.41, 5.74) is 12.5. The van der Waals surface area contributed by atoms with Gasteiger partial charge in [0, 0.05) is 0 Å². The van der Waals surface area contributed by atoms with E-state index in [2.05, 4.69) is 42.2 Å². The first kappa shape index (κ1) is 28.9. The molecule has 43 heavy (non-hydrogen) atoms. The van der Waals surface area contributed by atoms with Crippen molar-refractivity contribution in [3.05, 3.63) is 25.3 Å². The van der Waals surface area contributed by atoms with Crippen molar-refractivity contribution in [2.24, 2.45) is 0 Å². The molecule has 0 amide bonds. The third-order valence-electron chi connectivity index (χ3n) is 7.11. The topological polar surface area (TPSA) is 229 Å². The van der Waals surface area contributed by atoms with Crippen molar-refractivity contribution in [3.63, 3.8) is 0 Å². The number of hydrogen-bond acceptors (Lipinski definition) is 16. The van der Waals surface area contributed by atoms with Crippen LogP contribution in [0.25, 0.3) is 22.3 Å². The maximum Gasteiger partial charge on any atom is 0.386 e. The Morgan fingerprint density at radius 3 is 2.00 bits per heavy atom. The second-order valence-electron chi connectivity index (χ2n) is 9.66. The summed E-state index contributed by atoms with van der Waals surface area (Å²) in [7, 11) is -3.48. The molecule has 7 rings (SSSR count). The second-order valence-corrected chi connectivity index (χ2v) is 13.6. The van der Waals surface area contributed by atoms with Gasteiger partial charge in [-0.05, 0) is 0 Å². The Kier molecular flexibility index (Phi) is 7.34. The number of hydrogen-bond donors (Lipinski definition) is 3. The lowest BCUT2D eigenvalue weighted by molar-refractivity contribution is -0.0570. The summed E-state index contributed by atoms with van der Waals surface area (Å²) in [6.07, 6.45) is -7.74. The highest BCUT2D eigenvalue weighted by molar-refractivity contribution is 8.44. The molecule has 0 aromatic carbocycles. The molecule has 3 fully saturated rings. The van der Waals surface area contributed by atoms with Crippen LogP contribution < -0.4 is 11.5 Å². The predicted octanol–water partition coefficient (Wildman–Crippen LogP) is 1.55. The van der Waals surface area contributed by atoms with Gasteiger partial charge in [0.25, 0.3) is 0 Å². The Hall–Kier alpha value is -2.87. The van der Waals surface area contributed by atoms with Gasteiger partial charge in [-0.3, -0.25) is 27.3 Å². The minimum absolute atomic E-state index is 0.0574. The fraction of sp³-hybridized carbons (Fsp3) is 0.500. The van der Waals surface area contributed by atoms with E-state index in [4.69, 9.17) is 39.0 Å². The summed E-state index contributed by atoms with van der Waals surface area (Å²) < 4.78 is 93.7. The minimum atomic E-state index is -4.41. The molecule has 3 aliphatic heterocycles. The third-order valence-corrected chi connectivity index (χ3v) is 9.59. The molecule has 4 bridgehead atoms. The zero-order chi connectivity index (χ0) is 30.0. The summed E-state index contributed by atoms with van der Waals surface area (Å²) in [5, 5.41) is 0. The Balaban J connectivity index is 1.20. The zero-order valence-electron chi connectivity index (χ0n) is 21.5. The number of thiol groups is 1. The van der Waals surface area contributed by atoms with Crippen LogP contribution in [0.2, 0.25) is 0 Å². The van der Waals surface area contributed by atoms with Crippen LogP contribution in [-0.2, 0) is 36.7 Å². The molecule has 0 saturated carbocycles. The lowest BCUT2D eigenvalue weighted by atomic mass is 10.1. The molecule has 0 aliphatic carbocycles. The van der Waals surface area contributed by atoms with Crippen LogP contribution in [0.4, 0.5) is 20.4 Å². The normalized spacial score (nSPS) is 37.1. The Bertz CT molecular complexity index is 1770. The van der Waals surface area contributed by atoms with Gasteiger partial charge in [0.1, 0.15) is 48.1 Å². The van der Waals surface area contributed by atoms with Crippen LogP contribution in [0.5, 0.6) is 0 Å². The predicted molar refractivity (Wildman–Crippen MR) is 144 cm³/mol. The smallest absolute Gasteiger partial charge is 0.382 e. The number of rotatable bonds is 2. The van der Waals surface area contributed by atoms with Gasteiger partial charge in [-0.2, -0.15) is 0 Å². The molecule has 23 heteroatoms. The fourth-order valence-electron chi connectivity index (χ4n) is 5.10. The first-order valence-electron chi connectivity index (χ1n) is 12.6. The lowest BCUT2D eigenvalue weighted by Gasteiger charge is -2.25. The molecule has 4 aromatic rings. The highest BCUT2D eigenvalue weighted by Crippen LogP contribution is 2.58. The molecule has 10 atom stereocenters. The number of aromatic nitrogens is 8. The van der Waals surface area contributed by atoms with E-state index in [0.29, 0.717) is 0 Å². The van der Waals surface area contributed by atoms with Crippen LogP contribution in [-0.4, -0.2) is 89.0 Å². The maximum absolute atomic E-state index is 15.8. The van der Waals surface area contributed by atoms with E-state index >= 15 is 8.78 Å². The van der Waals surface area contributed by atoms with E-state index < -0.39 is 77.5 Å². The van der Waals surface area contributed by atoms with E-state index in [1.165, 1.54) is 34.4 Å². The number of alkyl halides is 2. The van der Waals surface area contributed by atoms with Crippen molar-refractivity contribution in [1.29, 1.82) is 0 Å². The lowest BCUT2D eigenvalue weighted by Crippen LogP contribution is -2.33. The van der Waals surface area contributed by atoms with Gasteiger partial charge in [0.2, 0.25) is 0 Å². The van der Waals surface area contributed by atoms with Crippen LogP contribution in [0.15, 0.2) is 25.3 Å². The minimum Gasteiger partial charge on any atom is -0.382 e. The molecule has 3 saturated heterocycles. The highest BCUT2D eigenvalue weighted by Gasteiger charge is 2.53. The van der Waals surface area contributed by atoms with Crippen LogP contribution >= 0.6 is 27.3 Å². The van der Waals surface area contributed by atoms with E-state index in [0.717, 1.165) is 0 Å². The van der Waals surface area contributed by atoms with Gasteiger partial charge in [-0.15, -0.1) is 0 Å². The monoisotopic (exact) mass is 662 g/mol. The molecule has 4 N–H and O–H groups in total. The number of fused-ring (bicyclic) bond motifs is 6. The van der Waals surface area contributed by atoms with E-state index in [-0.39, 0.29) is 34.0 Å². The number of ether oxygens (including phenoxy) is 2. The summed E-state index contributed by atoms with van der Waals surface area (Å²) in [5.74, 6) is 0.120. The van der Waals surface area contributed by atoms with Crippen molar-refractivity contribution < 1.29 is 45.5 Å². The van der Waals surface area contributed by atoms with Crippen molar-refractivity contribution in [2.45, 2.75) is 49.2 Å². The molecule has 0 radical (unpaired) electrons. The van der Waals surface area contributed by atoms with Crippen molar-refractivity contribution in [2.75, 3.05) is 24.7 Å². The number of nitrogens with two attached hydrogens (primary N) is 2. The fourth-order valence-corrected chi connectivity index (χ4v) is 7.39. The molecule has 230 valence electrons. The summed E-state index contributed by atoms with van der Waals surface area (Å²) in [6, 6.07) is 0. The van der Waals surface area contributed by atoms with Gasteiger partial charge in [-0.1, -0.05) is 12.2 Å². The second kappa shape index (κ2) is 10.9. The first-order chi connectivity index (χ1) is 20.6. The van der Waals surface area contributed by atoms with Crippen molar-refractivity contribution in [3.8, 4) is 0 Å². The molecule has 2 unspecified atom stereocenters. The number of imidazole rings is 2. The molecule has 3 aliphatic rings. The van der Waals surface area contributed by atoms with Crippen LogP contribution in [0, 0.1) is 0 Å². The Labute approximate surface area is 245 Å². The van der Waals surface area contributed by atoms with E-state index in [1.54, 1.807) is 0 Å². The number of halogens is 2. The zero-order valence-corrected chi connectivity index (χ0v) is 24.3.